The molecule has 0 aromatic heterocycles. The molecule has 1 rings (SSSR count). The molecule has 0 radical (unpaired) electrons. The Morgan fingerprint density at radius 2 is 2.05 bits per heavy atom. The summed E-state index contributed by atoms with van der Waals surface area (Å²) in [7, 11) is 0. The molecule has 0 aliphatic carbocycles. The lowest BCUT2D eigenvalue weighted by atomic mass is 10.1. The van der Waals surface area contributed by atoms with Crippen molar-refractivity contribution in [3.05, 3.63) is 29.3 Å². The monoisotopic (exact) mass is 339 g/mol. The lowest BCUT2D eigenvalue weighted by Crippen LogP contribution is -2.40. The molecule has 1 aromatic rings. The molecule has 1 aromatic carbocycles. The second kappa shape index (κ2) is 6.27. The first kappa shape index (κ1) is 15.8. The Labute approximate surface area is 117 Å². The van der Waals surface area contributed by atoms with Gasteiger partial charge in [-0.15, -0.1) is 0 Å². The number of carbonyl (C=O) groups is 1. The summed E-state index contributed by atoms with van der Waals surface area (Å²) in [6.07, 6.45) is -4.44. The van der Waals surface area contributed by atoms with E-state index in [9.17, 15) is 23.1 Å². The van der Waals surface area contributed by atoms with Crippen LogP contribution in [0.25, 0.3) is 0 Å². The Kier molecular flexibility index (Phi) is 5.22. The first-order valence-corrected chi connectivity index (χ1v) is 6.58. The second-order valence-corrected chi connectivity index (χ2v) is 4.83. The van der Waals surface area contributed by atoms with Gasteiger partial charge in [-0.1, -0.05) is 15.9 Å². The molecule has 0 saturated carbocycles. The van der Waals surface area contributed by atoms with Crippen LogP contribution in [-0.4, -0.2) is 40.5 Å². The Morgan fingerprint density at radius 1 is 1.42 bits per heavy atom. The Morgan fingerprint density at radius 3 is 2.53 bits per heavy atom. The van der Waals surface area contributed by atoms with Crippen molar-refractivity contribution >= 4 is 21.8 Å². The minimum absolute atomic E-state index is 0.000544. The van der Waals surface area contributed by atoms with Gasteiger partial charge in [0, 0.05) is 17.4 Å². The van der Waals surface area contributed by atoms with E-state index in [0.29, 0.717) is 5.56 Å². The first-order valence-electron chi connectivity index (χ1n) is 5.46. The van der Waals surface area contributed by atoms with Crippen molar-refractivity contribution in [3.63, 3.8) is 0 Å². The van der Waals surface area contributed by atoms with E-state index < -0.39 is 18.6 Å². The van der Waals surface area contributed by atoms with Crippen LogP contribution in [0.2, 0.25) is 0 Å². The molecular formula is C12H13BrF3NO2. The van der Waals surface area contributed by atoms with E-state index in [4.69, 9.17) is 0 Å². The number of phenolic OH excluding ortho intramolecular Hbond substituents is 1. The molecule has 3 nitrogen and oxygen atoms in total. The molecule has 0 heterocycles. The van der Waals surface area contributed by atoms with Crippen LogP contribution in [0.15, 0.2) is 18.2 Å². The number of hydrogen-bond donors (Lipinski definition) is 1. The topological polar surface area (TPSA) is 40.5 Å². The van der Waals surface area contributed by atoms with Gasteiger partial charge in [-0.05, 0) is 30.7 Å². The van der Waals surface area contributed by atoms with Crippen LogP contribution in [0.1, 0.15) is 15.9 Å². The van der Waals surface area contributed by atoms with E-state index >= 15 is 0 Å². The molecule has 0 unspecified atom stereocenters. The van der Waals surface area contributed by atoms with Gasteiger partial charge in [-0.25, -0.2) is 0 Å². The maximum Gasteiger partial charge on any atom is 0.406 e. The van der Waals surface area contributed by atoms with Crippen LogP contribution < -0.4 is 0 Å². The van der Waals surface area contributed by atoms with Gasteiger partial charge >= 0.3 is 6.18 Å². The van der Waals surface area contributed by atoms with Gasteiger partial charge < -0.3 is 10.0 Å². The van der Waals surface area contributed by atoms with Crippen molar-refractivity contribution < 1.29 is 23.1 Å². The van der Waals surface area contributed by atoms with Gasteiger partial charge in [0.2, 0.25) is 0 Å². The largest absolute Gasteiger partial charge is 0.508 e. The van der Waals surface area contributed by atoms with Crippen molar-refractivity contribution in [2.75, 3.05) is 18.4 Å². The minimum Gasteiger partial charge on any atom is -0.508 e. The summed E-state index contributed by atoms with van der Waals surface area (Å²) >= 11 is 3.02. The zero-order chi connectivity index (χ0) is 14.6. The fraction of sp³-hybridized carbons (Fsp3) is 0.417. The maximum absolute atomic E-state index is 12.4. The van der Waals surface area contributed by atoms with E-state index in [0.717, 1.165) is 4.90 Å². The average molecular weight is 340 g/mol. The molecule has 0 fully saturated rings. The lowest BCUT2D eigenvalue weighted by molar-refractivity contribution is -0.140. The quantitative estimate of drug-likeness (QED) is 0.856. The zero-order valence-electron chi connectivity index (χ0n) is 10.2. The average Bonchev–Trinajstić information content (AvgIpc) is 2.29. The summed E-state index contributed by atoms with van der Waals surface area (Å²) in [6, 6.07) is 3.97. The number of aromatic hydroxyl groups is 1. The van der Waals surface area contributed by atoms with Crippen molar-refractivity contribution in [1.29, 1.82) is 0 Å². The number of carbonyl (C=O) groups excluding carboxylic acids is 1. The number of aryl methyl sites for hydroxylation is 1. The van der Waals surface area contributed by atoms with Gasteiger partial charge in [0.05, 0.1) is 0 Å². The van der Waals surface area contributed by atoms with Gasteiger partial charge in [-0.3, -0.25) is 4.79 Å². The Hall–Kier alpha value is -1.24. The third-order valence-corrected chi connectivity index (χ3v) is 2.81. The van der Waals surface area contributed by atoms with Crippen LogP contribution in [0.5, 0.6) is 5.75 Å². The maximum atomic E-state index is 12.4. The summed E-state index contributed by atoms with van der Waals surface area (Å²) in [5.41, 5.74) is 0.567. The molecule has 106 valence electrons. The third-order valence-electron chi connectivity index (χ3n) is 2.46. The van der Waals surface area contributed by atoms with Gasteiger partial charge in [-0.2, -0.15) is 13.2 Å². The van der Waals surface area contributed by atoms with E-state index in [1.807, 2.05) is 0 Å². The second-order valence-electron chi connectivity index (χ2n) is 4.03. The molecule has 0 spiro atoms. The van der Waals surface area contributed by atoms with Crippen molar-refractivity contribution in [2.24, 2.45) is 0 Å². The van der Waals surface area contributed by atoms with Crippen LogP contribution in [0.3, 0.4) is 0 Å². The summed E-state index contributed by atoms with van der Waals surface area (Å²) in [5.74, 6) is -0.709. The van der Waals surface area contributed by atoms with Gasteiger partial charge in [0.1, 0.15) is 12.3 Å². The van der Waals surface area contributed by atoms with Gasteiger partial charge in [0.25, 0.3) is 5.91 Å². The summed E-state index contributed by atoms with van der Waals surface area (Å²) in [5, 5.41) is 9.60. The number of amides is 1. The predicted molar refractivity (Wildman–Crippen MR) is 68.6 cm³/mol. The third kappa shape index (κ3) is 4.74. The summed E-state index contributed by atoms with van der Waals surface area (Å²) < 4.78 is 37.2. The highest BCUT2D eigenvalue weighted by molar-refractivity contribution is 9.09. The van der Waals surface area contributed by atoms with Crippen molar-refractivity contribution in [1.82, 2.24) is 4.90 Å². The molecule has 1 amide bonds. The zero-order valence-corrected chi connectivity index (χ0v) is 11.8. The number of halogens is 4. The van der Waals surface area contributed by atoms with Crippen LogP contribution in [-0.2, 0) is 0 Å². The molecule has 7 heteroatoms. The van der Waals surface area contributed by atoms with Gasteiger partial charge in [0.15, 0.2) is 0 Å². The highest BCUT2D eigenvalue weighted by Gasteiger charge is 2.33. The Balaban J connectivity index is 2.95. The SMILES string of the molecule is Cc1cc(C(=O)N(CCBr)CC(F)(F)F)ccc1O. The number of hydrogen-bond acceptors (Lipinski definition) is 2. The molecule has 0 aliphatic rings. The molecule has 1 N–H and O–H groups in total. The molecule has 19 heavy (non-hydrogen) atoms. The standard InChI is InChI=1S/C12H13BrF3NO2/c1-8-6-9(2-3-10(8)18)11(19)17(5-4-13)7-12(14,15)16/h2-3,6,18H,4-5,7H2,1H3. The predicted octanol–water partition coefficient (Wildman–Crippen LogP) is 3.10. The number of rotatable bonds is 4. The van der Waals surface area contributed by atoms with Crippen LogP contribution in [0.4, 0.5) is 13.2 Å². The first-order chi connectivity index (χ1) is 8.74. The smallest absolute Gasteiger partial charge is 0.406 e. The number of alkyl halides is 4. The van der Waals surface area contributed by atoms with E-state index in [1.54, 1.807) is 6.92 Å². The van der Waals surface area contributed by atoms with E-state index in [2.05, 4.69) is 15.9 Å². The molecule has 0 bridgehead atoms. The summed E-state index contributed by atoms with van der Waals surface area (Å²) in [4.78, 5) is 12.7. The highest BCUT2D eigenvalue weighted by atomic mass is 79.9. The molecule has 0 saturated heterocycles. The molecule has 0 atom stereocenters. The fourth-order valence-electron chi connectivity index (χ4n) is 1.54. The van der Waals surface area contributed by atoms with Crippen LogP contribution in [0, 0.1) is 6.92 Å². The fourth-order valence-corrected chi connectivity index (χ4v) is 1.97. The summed E-state index contributed by atoms with van der Waals surface area (Å²) in [6.45, 7) is 0.236. The van der Waals surface area contributed by atoms with Crippen LogP contribution >= 0.6 is 15.9 Å². The van der Waals surface area contributed by atoms with E-state index in [-0.39, 0.29) is 23.2 Å². The van der Waals surface area contributed by atoms with E-state index in [1.165, 1.54) is 18.2 Å². The number of nitrogens with zero attached hydrogens (tertiary/aromatic N) is 1. The normalized spacial score (nSPS) is 11.4. The molecule has 0 aliphatic heterocycles. The number of benzene rings is 1. The Bertz CT molecular complexity index is 463. The lowest BCUT2D eigenvalue weighted by Gasteiger charge is -2.23. The van der Waals surface area contributed by atoms with Crippen molar-refractivity contribution in [2.45, 2.75) is 13.1 Å². The minimum atomic E-state index is -4.44. The number of phenols is 1. The molecular weight excluding hydrogens is 327 g/mol. The highest BCUT2D eigenvalue weighted by Crippen LogP contribution is 2.21. The van der Waals surface area contributed by atoms with Crippen molar-refractivity contribution in [3.8, 4) is 5.75 Å².